The molecular weight excluding hydrogens is 196 g/mol. The number of hydrogen-bond donors (Lipinski definition) is 1. The van der Waals surface area contributed by atoms with Crippen molar-refractivity contribution in [3.8, 4) is 0 Å². The highest BCUT2D eigenvalue weighted by Gasteiger charge is 2.01. The molecule has 0 aliphatic carbocycles. The van der Waals surface area contributed by atoms with Gasteiger partial charge in [-0.3, -0.25) is 0 Å². The third-order valence-electron chi connectivity index (χ3n) is 0.954. The summed E-state index contributed by atoms with van der Waals surface area (Å²) in [4.78, 5) is 21.1. The van der Waals surface area contributed by atoms with Crippen LogP contribution in [-0.4, -0.2) is 21.6 Å². The number of pyridine rings is 1. The van der Waals surface area contributed by atoms with Gasteiger partial charge in [0.05, 0.1) is 5.09 Å². The number of rotatable bonds is 1. The van der Waals surface area contributed by atoms with Gasteiger partial charge in [-0.15, -0.1) is 0 Å². The number of nitrogens with one attached hydrogen (secondary N) is 1. The number of hydrogen-bond acceptors (Lipinski definition) is 4. The predicted octanol–water partition coefficient (Wildman–Crippen LogP) is -0.865. The minimum absolute atomic E-state index is 0. The van der Waals surface area contributed by atoms with Crippen LogP contribution < -0.4 is 4.98 Å². The highest BCUT2D eigenvalue weighted by atomic mass is 16.9. The van der Waals surface area contributed by atoms with E-state index in [1.807, 2.05) is 0 Å². The summed E-state index contributed by atoms with van der Waals surface area (Å²) < 4.78 is 0. The van der Waals surface area contributed by atoms with E-state index in [-0.39, 0.29) is 11.0 Å². The molecule has 4 N–H and O–H groups in total. The molecule has 0 unspecified atom stereocenters. The summed E-state index contributed by atoms with van der Waals surface area (Å²) in [5.74, 6) is -0.910. The Kier molecular flexibility index (Phi) is 7.60. The monoisotopic (exact) mass is 204 g/mol. The molecule has 14 heavy (non-hydrogen) atoms. The van der Waals surface area contributed by atoms with Gasteiger partial charge in [-0.2, -0.15) is 0 Å². The lowest BCUT2D eigenvalue weighted by atomic mass is 10.3. The van der Waals surface area contributed by atoms with E-state index in [0.717, 1.165) is 0 Å². The Labute approximate surface area is 77.9 Å². The largest absolute Gasteiger partial charge is 0.477 e. The Morgan fingerprint density at radius 3 is 2.21 bits per heavy atom. The van der Waals surface area contributed by atoms with Crippen molar-refractivity contribution in [2.45, 2.75) is 0 Å². The van der Waals surface area contributed by atoms with Gasteiger partial charge in [-0.05, 0) is 6.07 Å². The average Bonchev–Trinajstić information content (AvgIpc) is 2.05. The van der Waals surface area contributed by atoms with Crippen molar-refractivity contribution in [2.24, 2.45) is 0 Å². The van der Waals surface area contributed by atoms with E-state index in [1.54, 1.807) is 12.3 Å². The Morgan fingerprint density at radius 1 is 1.50 bits per heavy atom. The van der Waals surface area contributed by atoms with Gasteiger partial charge in [0.2, 0.25) is 0 Å². The fourth-order valence-corrected chi connectivity index (χ4v) is 0.526. The van der Waals surface area contributed by atoms with E-state index in [9.17, 15) is 4.79 Å². The molecule has 8 heteroatoms. The summed E-state index contributed by atoms with van der Waals surface area (Å²) in [6.07, 6.45) is 3.09. The summed E-state index contributed by atoms with van der Waals surface area (Å²) in [6.45, 7) is 0. The van der Waals surface area contributed by atoms with E-state index < -0.39 is 11.1 Å². The number of nitrogens with zero attached hydrogens (tertiary/aromatic N) is 1. The number of aromatic amines is 1. The molecule has 78 valence electrons. The molecule has 0 spiro atoms. The number of H-pyrrole nitrogens is 1. The first-order valence-corrected chi connectivity index (χ1v) is 3.05. The summed E-state index contributed by atoms with van der Waals surface area (Å²) >= 11 is 0. The van der Waals surface area contributed by atoms with Gasteiger partial charge >= 0.3 is 5.97 Å². The Balaban J connectivity index is 0. The summed E-state index contributed by atoms with van der Waals surface area (Å²) in [7, 11) is 0. The lowest BCUT2D eigenvalue weighted by molar-refractivity contribution is -0.402. The van der Waals surface area contributed by atoms with Crippen LogP contribution in [0.25, 0.3) is 0 Å². The molecule has 0 bridgehead atoms. The molecule has 0 amide bonds. The molecule has 1 aromatic rings. The molecule has 1 aromatic heterocycles. The Hall–Kier alpha value is -2.22. The quantitative estimate of drug-likeness (QED) is 0.466. The fraction of sp³-hybridized carbons (Fsp3) is 0. The van der Waals surface area contributed by atoms with Crippen molar-refractivity contribution < 1.29 is 25.4 Å². The average molecular weight is 204 g/mol. The molecule has 0 radical (unpaired) electrons. The minimum Gasteiger partial charge on any atom is -0.477 e. The lowest BCUT2D eigenvalue weighted by Gasteiger charge is -1.83. The van der Waals surface area contributed by atoms with Gasteiger partial charge in [-0.25, -0.2) is 9.78 Å². The normalized spacial score (nSPS) is 7.43. The summed E-state index contributed by atoms with van der Waals surface area (Å²) in [5.41, 5.74) is 0.275. The zero-order chi connectivity index (χ0) is 10.3. The second-order valence-electron chi connectivity index (χ2n) is 1.82. The third kappa shape index (κ3) is 7.88. The van der Waals surface area contributed by atoms with Crippen molar-refractivity contribution in [1.29, 1.82) is 0 Å². The highest BCUT2D eigenvalue weighted by Crippen LogP contribution is 1.90. The second-order valence-corrected chi connectivity index (χ2v) is 1.82. The van der Waals surface area contributed by atoms with Crippen molar-refractivity contribution in [3.05, 3.63) is 45.4 Å². The number of carboxylic acid groups (broad SMARTS) is 1. The van der Waals surface area contributed by atoms with Crippen molar-refractivity contribution in [2.75, 3.05) is 0 Å². The maximum atomic E-state index is 10.2. The molecule has 0 aliphatic heterocycles. The van der Waals surface area contributed by atoms with E-state index in [4.69, 9.17) is 20.4 Å². The first kappa shape index (κ1) is 14.3. The van der Waals surface area contributed by atoms with E-state index in [2.05, 4.69) is 4.98 Å². The number of carboxylic acids is 1. The van der Waals surface area contributed by atoms with Gasteiger partial charge in [0.25, 0.3) is 0 Å². The van der Waals surface area contributed by atoms with Gasteiger partial charge in [0, 0.05) is 6.07 Å². The molecule has 8 nitrogen and oxygen atoms in total. The SMILES string of the molecule is O.O=C(O)c1ccc[nH+]c1.O=[N+]([O-])[O-]. The zero-order valence-corrected chi connectivity index (χ0v) is 6.84. The van der Waals surface area contributed by atoms with E-state index >= 15 is 0 Å². The molecular formula is C6H8N2O6. The predicted molar refractivity (Wildman–Crippen MR) is 43.9 cm³/mol. The van der Waals surface area contributed by atoms with Crippen LogP contribution in [-0.2, 0) is 0 Å². The molecule has 1 heterocycles. The number of aromatic nitrogens is 1. The van der Waals surface area contributed by atoms with Crippen LogP contribution in [0.5, 0.6) is 0 Å². The molecule has 0 aromatic carbocycles. The van der Waals surface area contributed by atoms with Gasteiger partial charge < -0.3 is 25.9 Å². The van der Waals surface area contributed by atoms with E-state index in [1.165, 1.54) is 12.3 Å². The molecule has 1 rings (SSSR count). The lowest BCUT2D eigenvalue weighted by Crippen LogP contribution is -2.05. The van der Waals surface area contributed by atoms with Crippen LogP contribution in [0.4, 0.5) is 0 Å². The minimum atomic E-state index is -1.75. The van der Waals surface area contributed by atoms with Crippen LogP contribution >= 0.6 is 0 Å². The molecule has 0 fully saturated rings. The van der Waals surface area contributed by atoms with Crippen LogP contribution in [0.3, 0.4) is 0 Å². The van der Waals surface area contributed by atoms with Crippen molar-refractivity contribution >= 4 is 5.97 Å². The zero-order valence-electron chi connectivity index (χ0n) is 6.84. The summed E-state index contributed by atoms with van der Waals surface area (Å²) in [6, 6.07) is 3.17. The molecule has 0 aliphatic rings. The third-order valence-corrected chi connectivity index (χ3v) is 0.954. The van der Waals surface area contributed by atoms with Gasteiger partial charge in [0.1, 0.15) is 5.56 Å². The van der Waals surface area contributed by atoms with Crippen LogP contribution in [0.1, 0.15) is 10.4 Å². The maximum absolute atomic E-state index is 10.2. The highest BCUT2D eigenvalue weighted by molar-refractivity contribution is 5.86. The van der Waals surface area contributed by atoms with Gasteiger partial charge in [0.15, 0.2) is 12.4 Å². The number of carbonyl (C=O) groups is 1. The van der Waals surface area contributed by atoms with Gasteiger partial charge in [-0.1, -0.05) is 0 Å². The first-order valence-electron chi connectivity index (χ1n) is 3.05. The van der Waals surface area contributed by atoms with Crippen LogP contribution in [0, 0.1) is 15.3 Å². The van der Waals surface area contributed by atoms with Crippen molar-refractivity contribution in [3.63, 3.8) is 0 Å². The van der Waals surface area contributed by atoms with Crippen molar-refractivity contribution in [1.82, 2.24) is 0 Å². The Bertz CT molecular complexity index is 284. The maximum Gasteiger partial charge on any atom is 0.341 e. The number of aromatic carboxylic acids is 1. The van der Waals surface area contributed by atoms with E-state index in [0.29, 0.717) is 0 Å². The standard InChI is InChI=1S/C6H5NO2.NO3.H2O/c8-6(9)5-2-1-3-7-4-5;2-1(3)4;/h1-4H,(H,8,9);;1H2/q;-1;/p+1. The molecule has 0 atom stereocenters. The summed E-state index contributed by atoms with van der Waals surface area (Å²) in [5, 5.41) is 23.1. The molecule has 0 saturated carbocycles. The first-order chi connectivity index (χ1) is 6.04. The Morgan fingerprint density at radius 2 is 2.00 bits per heavy atom. The van der Waals surface area contributed by atoms with Crippen LogP contribution in [0.15, 0.2) is 24.5 Å². The topological polar surface area (TPSA) is 149 Å². The second kappa shape index (κ2) is 7.43. The smallest absolute Gasteiger partial charge is 0.341 e. The molecule has 0 saturated heterocycles. The fourth-order valence-electron chi connectivity index (χ4n) is 0.526. The van der Waals surface area contributed by atoms with Crippen LogP contribution in [0.2, 0.25) is 0 Å².